The van der Waals surface area contributed by atoms with Gasteiger partial charge in [0.15, 0.2) is 11.6 Å². The molecule has 0 rings (SSSR count). The summed E-state index contributed by atoms with van der Waals surface area (Å²) in [6, 6.07) is 0. The van der Waals surface area contributed by atoms with Gasteiger partial charge in [-0.05, 0) is 6.92 Å². The molecule has 0 radical (unpaired) electrons. The van der Waals surface area contributed by atoms with E-state index in [-0.39, 0.29) is 11.6 Å². The average Bonchev–Trinajstić information content (AvgIpc) is 2.06. The molecule has 80 valence electrons. The van der Waals surface area contributed by atoms with Crippen molar-refractivity contribution in [2.75, 3.05) is 7.11 Å². The first kappa shape index (κ1) is 14.8. The van der Waals surface area contributed by atoms with Crippen LogP contribution in [0.15, 0.2) is 10.3 Å². The molecule has 0 atom stereocenters. The highest BCUT2D eigenvalue weighted by Crippen LogP contribution is 1.71. The van der Waals surface area contributed by atoms with Gasteiger partial charge in [-0.2, -0.15) is 0 Å². The highest BCUT2D eigenvalue weighted by molar-refractivity contribution is 6.35. The minimum atomic E-state index is -0.380. The number of nitrogens with zero attached hydrogens (tertiary/aromatic N) is 2. The van der Waals surface area contributed by atoms with E-state index in [0.29, 0.717) is 5.71 Å². The Hall–Kier alpha value is -1.72. The van der Waals surface area contributed by atoms with Gasteiger partial charge in [-0.3, -0.25) is 9.59 Å². The second kappa shape index (κ2) is 9.37. The van der Waals surface area contributed by atoms with Crippen LogP contribution in [0.25, 0.3) is 0 Å². The quantitative estimate of drug-likeness (QED) is 0.314. The van der Waals surface area contributed by atoms with E-state index < -0.39 is 0 Å². The third kappa shape index (κ3) is 12.9. The Bertz CT molecular complexity index is 234. The summed E-state index contributed by atoms with van der Waals surface area (Å²) >= 11 is 0. The predicted molar refractivity (Wildman–Crippen MR) is 51.8 cm³/mol. The average molecular weight is 202 g/mol. The van der Waals surface area contributed by atoms with E-state index in [1.54, 1.807) is 6.92 Å². The largest absolute Gasteiger partial charge is 0.411 e. The van der Waals surface area contributed by atoms with Gasteiger partial charge >= 0.3 is 0 Å². The predicted octanol–water partition coefficient (Wildman–Crippen LogP) is 0.633. The van der Waals surface area contributed by atoms with Gasteiger partial charge in [-0.15, -0.1) is 0 Å². The number of carbonyl (C=O) groups excluding carboxylic acids is 2. The molecule has 0 saturated heterocycles. The van der Waals surface area contributed by atoms with Crippen LogP contribution in [0.5, 0.6) is 0 Å². The van der Waals surface area contributed by atoms with Crippen LogP contribution in [0.4, 0.5) is 0 Å². The Morgan fingerprint density at radius 3 is 1.86 bits per heavy atom. The van der Waals surface area contributed by atoms with Gasteiger partial charge in [0.1, 0.15) is 7.11 Å². The van der Waals surface area contributed by atoms with Crippen molar-refractivity contribution in [1.82, 2.24) is 0 Å². The molecule has 0 fully saturated rings. The van der Waals surface area contributed by atoms with Gasteiger partial charge < -0.3 is 10.0 Å². The van der Waals surface area contributed by atoms with Gasteiger partial charge in [0.2, 0.25) is 0 Å². The van der Waals surface area contributed by atoms with E-state index in [1.807, 2.05) is 0 Å². The molecule has 0 aliphatic heterocycles. The Morgan fingerprint density at radius 2 is 1.64 bits per heavy atom. The van der Waals surface area contributed by atoms with E-state index in [4.69, 9.17) is 5.21 Å². The highest BCUT2D eigenvalue weighted by atomic mass is 16.6. The lowest BCUT2D eigenvalue weighted by Crippen LogP contribution is -2.01. The van der Waals surface area contributed by atoms with Crippen molar-refractivity contribution < 1.29 is 19.6 Å². The number of hydrogen-bond donors (Lipinski definition) is 1. The molecular formula is C8H14N2O4. The summed E-state index contributed by atoms with van der Waals surface area (Å²) in [7, 11) is 1.43. The van der Waals surface area contributed by atoms with Crippen molar-refractivity contribution in [2.24, 2.45) is 10.3 Å². The second-order valence-electron chi connectivity index (χ2n) is 2.27. The first-order chi connectivity index (χ1) is 6.45. The van der Waals surface area contributed by atoms with Gasteiger partial charge in [0, 0.05) is 13.8 Å². The zero-order valence-electron chi connectivity index (χ0n) is 8.64. The van der Waals surface area contributed by atoms with Crippen LogP contribution in [-0.2, 0) is 14.4 Å². The maximum atomic E-state index is 9.79. The molecule has 6 nitrogen and oxygen atoms in total. The minimum Gasteiger partial charge on any atom is -0.411 e. The number of rotatable bonds is 3. The van der Waals surface area contributed by atoms with E-state index in [2.05, 4.69) is 15.1 Å². The van der Waals surface area contributed by atoms with Crippen LogP contribution < -0.4 is 0 Å². The van der Waals surface area contributed by atoms with Crippen molar-refractivity contribution in [3.05, 3.63) is 0 Å². The van der Waals surface area contributed by atoms with Crippen LogP contribution >= 0.6 is 0 Å². The summed E-state index contributed by atoms with van der Waals surface area (Å²) < 4.78 is 0. The first-order valence-corrected chi connectivity index (χ1v) is 3.72. The fourth-order valence-corrected chi connectivity index (χ4v) is 0.251. The van der Waals surface area contributed by atoms with Gasteiger partial charge in [-0.1, -0.05) is 10.3 Å². The Morgan fingerprint density at radius 1 is 1.21 bits per heavy atom. The van der Waals surface area contributed by atoms with Crippen LogP contribution in [0.2, 0.25) is 0 Å². The van der Waals surface area contributed by atoms with Crippen LogP contribution in [0.1, 0.15) is 20.8 Å². The third-order valence-electron chi connectivity index (χ3n) is 0.976. The molecule has 0 saturated carbocycles. The number of ketones is 2. The smallest absolute Gasteiger partial charge is 0.195 e. The lowest BCUT2D eigenvalue weighted by atomic mass is 10.3. The molecule has 0 amide bonds. The molecular weight excluding hydrogens is 188 g/mol. The van der Waals surface area contributed by atoms with Crippen molar-refractivity contribution in [3.63, 3.8) is 0 Å². The summed E-state index contributed by atoms with van der Waals surface area (Å²) in [6.45, 7) is 4.16. The molecule has 0 aliphatic rings. The molecule has 0 aromatic carbocycles. The Kier molecular flexibility index (Phi) is 9.89. The van der Waals surface area contributed by atoms with Gasteiger partial charge in [0.25, 0.3) is 0 Å². The summed E-state index contributed by atoms with van der Waals surface area (Å²) in [5.41, 5.74) is 0.523. The van der Waals surface area contributed by atoms with Crippen molar-refractivity contribution in [1.29, 1.82) is 0 Å². The van der Waals surface area contributed by atoms with E-state index >= 15 is 0 Å². The van der Waals surface area contributed by atoms with E-state index in [0.717, 1.165) is 0 Å². The summed E-state index contributed by atoms with van der Waals surface area (Å²) in [6.07, 6.45) is 1.18. The normalized spacial score (nSPS) is 10.4. The second-order valence-corrected chi connectivity index (χ2v) is 2.27. The maximum Gasteiger partial charge on any atom is 0.195 e. The topological polar surface area (TPSA) is 88.3 Å². The van der Waals surface area contributed by atoms with Crippen LogP contribution in [0, 0.1) is 0 Å². The minimum absolute atomic E-state index is 0.380. The van der Waals surface area contributed by atoms with E-state index in [9.17, 15) is 9.59 Å². The number of Topliss-reactive ketones (excluding diaryl/α,β-unsaturated/α-hetero) is 2. The zero-order valence-corrected chi connectivity index (χ0v) is 8.64. The van der Waals surface area contributed by atoms with Crippen molar-refractivity contribution in [3.8, 4) is 0 Å². The summed E-state index contributed by atoms with van der Waals surface area (Å²) in [4.78, 5) is 23.9. The van der Waals surface area contributed by atoms with Crippen LogP contribution in [0.3, 0.4) is 0 Å². The molecule has 0 aliphatic carbocycles. The molecule has 0 bridgehead atoms. The molecule has 0 unspecified atom stereocenters. The highest BCUT2D eigenvalue weighted by Gasteiger charge is 1.94. The molecule has 6 heteroatoms. The summed E-state index contributed by atoms with van der Waals surface area (Å²) in [5, 5.41) is 14.0. The Labute approximate surface area is 82.2 Å². The Balaban J connectivity index is 0. The maximum absolute atomic E-state index is 9.79. The number of oxime groups is 2. The number of carbonyl (C=O) groups is 2. The SMILES string of the molecule is CC(=O)C(C)=O.CON=C(C)C=NO. The monoisotopic (exact) mass is 202 g/mol. The van der Waals surface area contributed by atoms with E-state index in [1.165, 1.54) is 27.2 Å². The molecule has 0 heterocycles. The first-order valence-electron chi connectivity index (χ1n) is 3.72. The third-order valence-corrected chi connectivity index (χ3v) is 0.976. The van der Waals surface area contributed by atoms with Crippen molar-refractivity contribution >= 4 is 23.5 Å². The zero-order chi connectivity index (χ0) is 11.6. The lowest BCUT2D eigenvalue weighted by molar-refractivity contribution is -0.134. The molecule has 1 N–H and O–H groups in total. The van der Waals surface area contributed by atoms with Crippen LogP contribution in [-0.4, -0.2) is 35.8 Å². The number of hydrogen-bond acceptors (Lipinski definition) is 6. The fraction of sp³-hybridized carbons (Fsp3) is 0.500. The molecule has 0 spiro atoms. The van der Waals surface area contributed by atoms with Gasteiger partial charge in [0.05, 0.1) is 11.9 Å². The summed E-state index contributed by atoms with van der Waals surface area (Å²) in [5.74, 6) is -0.759. The standard InChI is InChI=1S/C4H8N2O2.C4H6O2/c1-4(3-5-7)6-8-2;1-3(5)4(2)6/h3,7H,1-2H3;1-2H3. The van der Waals surface area contributed by atoms with Gasteiger partial charge in [-0.25, -0.2) is 0 Å². The van der Waals surface area contributed by atoms with Crippen molar-refractivity contribution in [2.45, 2.75) is 20.8 Å². The fourth-order valence-electron chi connectivity index (χ4n) is 0.251. The molecule has 0 aromatic heterocycles. The lowest BCUT2D eigenvalue weighted by Gasteiger charge is -1.85. The molecule has 14 heavy (non-hydrogen) atoms. The molecule has 0 aromatic rings.